The molecule has 2 aromatic carbocycles. The molecule has 0 unspecified atom stereocenters. The molecule has 4 N–H and O–H groups in total. The standard InChI is InChI=1S/C24H30N4O4/c1-17(16-29)31-21-12-18(15-27-23(25)8-9-26-2)13-22(14-21)32-20-6-4-19(5-7-20)24(30)28-10-3-11-28/h4-9,12-14,17,26,29H,3,10-11,15-16H2,1-2H3,(H2,25,27)/b9-8-/t17-/m0/s1. The number of ether oxygens (including phenoxy) is 2. The molecule has 0 saturated carbocycles. The van der Waals surface area contributed by atoms with Gasteiger partial charge in [0.2, 0.25) is 0 Å². The van der Waals surface area contributed by atoms with Gasteiger partial charge in [-0.1, -0.05) is 0 Å². The highest BCUT2D eigenvalue weighted by Crippen LogP contribution is 2.29. The zero-order chi connectivity index (χ0) is 22.9. The van der Waals surface area contributed by atoms with Crippen LogP contribution in [-0.4, -0.2) is 54.6 Å². The van der Waals surface area contributed by atoms with E-state index < -0.39 is 0 Å². The van der Waals surface area contributed by atoms with Gasteiger partial charge in [0.25, 0.3) is 5.91 Å². The van der Waals surface area contributed by atoms with Crippen LogP contribution in [-0.2, 0) is 6.54 Å². The van der Waals surface area contributed by atoms with Crippen LogP contribution in [0.4, 0.5) is 0 Å². The number of aliphatic hydroxyl groups excluding tert-OH is 1. The predicted molar refractivity (Wildman–Crippen MR) is 124 cm³/mol. The Morgan fingerprint density at radius 1 is 1.22 bits per heavy atom. The summed E-state index contributed by atoms with van der Waals surface area (Å²) in [6, 6.07) is 12.5. The fourth-order valence-corrected chi connectivity index (χ4v) is 3.03. The number of nitrogens with one attached hydrogen (secondary N) is 1. The van der Waals surface area contributed by atoms with Gasteiger partial charge >= 0.3 is 0 Å². The van der Waals surface area contributed by atoms with Crippen molar-refractivity contribution in [3.05, 3.63) is 65.9 Å². The molecule has 0 bridgehead atoms. The number of likely N-dealkylation sites (tertiary alicyclic amines) is 1. The fraction of sp³-hybridized carbons (Fsp3) is 0.333. The first-order valence-electron chi connectivity index (χ1n) is 10.6. The maximum atomic E-state index is 12.3. The lowest BCUT2D eigenvalue weighted by Crippen LogP contribution is -2.41. The van der Waals surface area contributed by atoms with Crippen LogP contribution in [0.25, 0.3) is 0 Å². The average molecular weight is 439 g/mol. The molecule has 0 aliphatic carbocycles. The Balaban J connectivity index is 1.76. The zero-order valence-electron chi connectivity index (χ0n) is 18.5. The van der Waals surface area contributed by atoms with Crippen molar-refractivity contribution in [3.63, 3.8) is 0 Å². The predicted octanol–water partition coefficient (Wildman–Crippen LogP) is 2.67. The Kier molecular flexibility index (Phi) is 8.10. The molecule has 0 radical (unpaired) electrons. The molecule has 1 heterocycles. The number of aliphatic hydroxyl groups is 1. The van der Waals surface area contributed by atoms with Crippen molar-refractivity contribution in [2.75, 3.05) is 26.7 Å². The van der Waals surface area contributed by atoms with E-state index in [4.69, 9.17) is 15.2 Å². The third-order valence-corrected chi connectivity index (χ3v) is 4.88. The number of carbonyl (C=O) groups excluding carboxylic acids is 1. The second-order valence-electron chi connectivity index (χ2n) is 7.56. The van der Waals surface area contributed by atoms with Crippen molar-refractivity contribution in [1.29, 1.82) is 0 Å². The van der Waals surface area contributed by atoms with Crippen LogP contribution in [0, 0.1) is 0 Å². The largest absolute Gasteiger partial charge is 0.488 e. The second kappa shape index (κ2) is 11.2. The third kappa shape index (κ3) is 6.49. The van der Waals surface area contributed by atoms with Gasteiger partial charge in [0.1, 0.15) is 29.2 Å². The minimum absolute atomic E-state index is 0.0428. The van der Waals surface area contributed by atoms with Crippen molar-refractivity contribution >= 4 is 11.7 Å². The Labute approximate surface area is 188 Å². The van der Waals surface area contributed by atoms with Crippen molar-refractivity contribution in [3.8, 4) is 17.2 Å². The van der Waals surface area contributed by atoms with Crippen molar-refractivity contribution in [1.82, 2.24) is 10.2 Å². The molecule has 1 aliphatic heterocycles. The monoisotopic (exact) mass is 438 g/mol. The molecule has 8 nitrogen and oxygen atoms in total. The van der Waals surface area contributed by atoms with Gasteiger partial charge < -0.3 is 30.5 Å². The molecule has 1 saturated heterocycles. The number of nitrogens with zero attached hydrogens (tertiary/aromatic N) is 2. The third-order valence-electron chi connectivity index (χ3n) is 4.88. The Hall–Kier alpha value is -3.52. The van der Waals surface area contributed by atoms with Gasteiger partial charge in [-0.25, -0.2) is 0 Å². The lowest BCUT2D eigenvalue weighted by Gasteiger charge is -2.30. The van der Waals surface area contributed by atoms with Crippen LogP contribution in [0.1, 0.15) is 29.3 Å². The first kappa shape index (κ1) is 23.1. The Morgan fingerprint density at radius 2 is 1.94 bits per heavy atom. The number of hydrogen-bond acceptors (Lipinski definition) is 6. The highest BCUT2D eigenvalue weighted by Gasteiger charge is 2.21. The number of amidine groups is 1. The zero-order valence-corrected chi connectivity index (χ0v) is 18.5. The molecule has 1 aliphatic rings. The van der Waals surface area contributed by atoms with E-state index in [9.17, 15) is 9.90 Å². The summed E-state index contributed by atoms with van der Waals surface area (Å²) in [5.41, 5.74) is 7.37. The summed E-state index contributed by atoms with van der Waals surface area (Å²) in [6.07, 6.45) is 4.07. The summed E-state index contributed by atoms with van der Waals surface area (Å²) < 4.78 is 11.8. The highest BCUT2D eigenvalue weighted by molar-refractivity contribution is 5.94. The molecule has 1 atom stereocenters. The highest BCUT2D eigenvalue weighted by atomic mass is 16.5. The summed E-state index contributed by atoms with van der Waals surface area (Å²) in [5.74, 6) is 2.15. The van der Waals surface area contributed by atoms with Gasteiger partial charge in [0.05, 0.1) is 13.2 Å². The molecule has 3 rings (SSSR count). The topological polar surface area (TPSA) is 109 Å². The molecule has 1 fully saturated rings. The van der Waals surface area contributed by atoms with Crippen LogP contribution in [0.5, 0.6) is 17.2 Å². The smallest absolute Gasteiger partial charge is 0.253 e. The molecule has 32 heavy (non-hydrogen) atoms. The SMILES string of the molecule is CN/C=C\C(N)=NCc1cc(Oc2ccc(C(=O)N3CCC3)cc2)cc(O[C@@H](C)CO)c1. The first-order chi connectivity index (χ1) is 15.5. The van der Waals surface area contributed by atoms with Gasteiger partial charge in [0.15, 0.2) is 0 Å². The van der Waals surface area contributed by atoms with Gasteiger partial charge in [-0.15, -0.1) is 0 Å². The van der Waals surface area contributed by atoms with Crippen molar-refractivity contribution in [2.24, 2.45) is 10.7 Å². The summed E-state index contributed by atoms with van der Waals surface area (Å²) in [7, 11) is 1.78. The van der Waals surface area contributed by atoms with Gasteiger partial charge in [-0.3, -0.25) is 9.79 Å². The first-order valence-corrected chi connectivity index (χ1v) is 10.6. The minimum atomic E-state index is -0.364. The van der Waals surface area contributed by atoms with Crippen LogP contribution in [0.3, 0.4) is 0 Å². The lowest BCUT2D eigenvalue weighted by atomic mass is 10.1. The summed E-state index contributed by atoms with van der Waals surface area (Å²) >= 11 is 0. The van der Waals surface area contributed by atoms with E-state index in [1.807, 2.05) is 17.0 Å². The maximum absolute atomic E-state index is 12.3. The molecule has 170 valence electrons. The summed E-state index contributed by atoms with van der Waals surface area (Å²) in [6.45, 7) is 3.64. The average Bonchev–Trinajstić information content (AvgIpc) is 2.75. The molecule has 0 spiro atoms. The van der Waals surface area contributed by atoms with E-state index >= 15 is 0 Å². The molecule has 0 aromatic heterocycles. The quantitative estimate of drug-likeness (QED) is 0.389. The van der Waals surface area contributed by atoms with Crippen molar-refractivity contribution < 1.29 is 19.4 Å². The lowest BCUT2D eigenvalue weighted by molar-refractivity contribution is 0.0652. The van der Waals surface area contributed by atoms with Gasteiger partial charge in [-0.05, 0) is 67.6 Å². The molecule has 2 aromatic rings. The van der Waals surface area contributed by atoms with Crippen molar-refractivity contribution in [2.45, 2.75) is 26.0 Å². The van der Waals surface area contributed by atoms with Gasteiger partial charge in [-0.2, -0.15) is 0 Å². The number of carbonyl (C=O) groups is 1. The van der Waals surface area contributed by atoms with Gasteiger partial charge in [0, 0.05) is 31.8 Å². The molecule has 1 amide bonds. The number of aliphatic imine (C=N–C) groups is 1. The van der Waals surface area contributed by atoms with Crippen LogP contribution >= 0.6 is 0 Å². The Bertz CT molecular complexity index is 968. The van der Waals surface area contributed by atoms with E-state index in [1.54, 1.807) is 56.6 Å². The Morgan fingerprint density at radius 3 is 2.56 bits per heavy atom. The fourth-order valence-electron chi connectivity index (χ4n) is 3.03. The number of benzene rings is 2. The second-order valence-corrected chi connectivity index (χ2v) is 7.56. The number of amides is 1. The van der Waals surface area contributed by atoms with Crippen LogP contribution in [0.15, 0.2) is 59.7 Å². The number of hydrogen-bond donors (Lipinski definition) is 3. The molecular formula is C24H30N4O4. The minimum Gasteiger partial charge on any atom is -0.488 e. The van der Waals surface area contributed by atoms with E-state index in [-0.39, 0.29) is 18.6 Å². The van der Waals surface area contributed by atoms with Crippen LogP contribution < -0.4 is 20.5 Å². The molecule has 8 heteroatoms. The van der Waals surface area contributed by atoms with E-state index in [0.29, 0.717) is 35.2 Å². The normalized spacial score (nSPS) is 14.7. The summed E-state index contributed by atoms with van der Waals surface area (Å²) in [5, 5.41) is 12.2. The maximum Gasteiger partial charge on any atom is 0.253 e. The summed E-state index contributed by atoms with van der Waals surface area (Å²) in [4.78, 5) is 18.5. The van der Waals surface area contributed by atoms with Crippen LogP contribution in [0.2, 0.25) is 0 Å². The van der Waals surface area contributed by atoms with E-state index in [1.165, 1.54) is 0 Å². The number of rotatable bonds is 10. The van der Waals surface area contributed by atoms with E-state index in [2.05, 4.69) is 10.3 Å². The number of nitrogens with two attached hydrogens (primary N) is 1. The van der Waals surface area contributed by atoms with E-state index in [0.717, 1.165) is 25.1 Å². The molecular weight excluding hydrogens is 408 g/mol.